The van der Waals surface area contributed by atoms with E-state index in [1.807, 2.05) is 66.2 Å². The molecule has 4 atom stereocenters. The number of hydrogen-bond acceptors (Lipinski definition) is 7. The van der Waals surface area contributed by atoms with Crippen molar-refractivity contribution in [3.63, 3.8) is 0 Å². The average Bonchev–Trinajstić information content (AvgIpc) is 3.40. The summed E-state index contributed by atoms with van der Waals surface area (Å²) in [5.74, 6) is 0.725. The van der Waals surface area contributed by atoms with Gasteiger partial charge in [-0.15, -0.1) is 10.2 Å². The fourth-order valence-electron chi connectivity index (χ4n) is 4.87. The Morgan fingerprint density at radius 3 is 2.42 bits per heavy atom. The lowest BCUT2D eigenvalue weighted by Gasteiger charge is -2.41. The van der Waals surface area contributed by atoms with Gasteiger partial charge >= 0.3 is 0 Å². The van der Waals surface area contributed by atoms with Crippen LogP contribution in [-0.2, 0) is 34.5 Å². The van der Waals surface area contributed by atoms with Crippen LogP contribution >= 0.6 is 11.8 Å². The van der Waals surface area contributed by atoms with Gasteiger partial charge in [-0.3, -0.25) is 4.79 Å². The molecule has 0 bridgehead atoms. The monoisotopic (exact) mass is 558 g/mol. The number of nitrogens with zero attached hydrogens (tertiary/aromatic N) is 3. The average molecular weight is 559 g/mol. The minimum atomic E-state index is -0.549. The molecule has 0 saturated carbocycles. The zero-order chi connectivity index (χ0) is 28.1. The van der Waals surface area contributed by atoms with Gasteiger partial charge in [0.2, 0.25) is 5.91 Å². The van der Waals surface area contributed by atoms with Crippen LogP contribution in [0.1, 0.15) is 48.5 Å². The lowest BCUT2D eigenvalue weighted by atomic mass is 9.91. The summed E-state index contributed by atoms with van der Waals surface area (Å²) in [7, 11) is 1.93. The van der Waals surface area contributed by atoms with Crippen molar-refractivity contribution in [1.82, 2.24) is 20.1 Å². The summed E-state index contributed by atoms with van der Waals surface area (Å²) in [6, 6.07) is 24.2. The second-order valence-corrected chi connectivity index (χ2v) is 11.0. The number of aryl methyl sites for hydroxylation is 1. The number of thioether (sulfide) groups is 1. The van der Waals surface area contributed by atoms with E-state index in [-0.39, 0.29) is 30.6 Å². The van der Waals surface area contributed by atoms with E-state index in [1.54, 1.807) is 18.1 Å². The van der Waals surface area contributed by atoms with Crippen molar-refractivity contribution in [3.8, 4) is 11.1 Å². The number of benzene rings is 3. The summed E-state index contributed by atoms with van der Waals surface area (Å²) < 4.78 is 15.1. The molecular weight excluding hydrogens is 524 g/mol. The van der Waals surface area contributed by atoms with E-state index in [4.69, 9.17) is 9.47 Å². The summed E-state index contributed by atoms with van der Waals surface area (Å²) in [5, 5.41) is 21.4. The Hall–Kier alpha value is -3.50. The van der Waals surface area contributed by atoms with E-state index in [9.17, 15) is 9.90 Å². The number of nitrogens with one attached hydrogen (secondary N) is 1. The molecule has 208 valence electrons. The van der Waals surface area contributed by atoms with Crippen LogP contribution in [-0.4, -0.2) is 37.6 Å². The minimum Gasteiger partial charge on any atom is -0.392 e. The molecule has 9 heteroatoms. The Bertz CT molecular complexity index is 1420. The number of hydrogen-bond donors (Lipinski definition) is 2. The summed E-state index contributed by atoms with van der Waals surface area (Å²) in [5.41, 5.74) is 6.03. The molecule has 40 heavy (non-hydrogen) atoms. The predicted octanol–water partition coefficient (Wildman–Crippen LogP) is 5.19. The summed E-state index contributed by atoms with van der Waals surface area (Å²) in [4.78, 5) is 11.5. The first-order valence-electron chi connectivity index (χ1n) is 13.3. The molecule has 3 aromatic carbocycles. The summed E-state index contributed by atoms with van der Waals surface area (Å²) in [6.07, 6.45) is 0.865. The number of carbonyl (C=O) groups excluding carboxylic acids is 1. The molecule has 4 aromatic rings. The molecule has 1 aliphatic heterocycles. The third-order valence-corrected chi connectivity index (χ3v) is 8.33. The third kappa shape index (κ3) is 6.45. The van der Waals surface area contributed by atoms with E-state index < -0.39 is 6.29 Å². The zero-order valence-electron chi connectivity index (χ0n) is 22.9. The van der Waals surface area contributed by atoms with Crippen LogP contribution in [0.3, 0.4) is 0 Å². The quantitative estimate of drug-likeness (QED) is 0.273. The Labute approximate surface area is 238 Å². The van der Waals surface area contributed by atoms with E-state index in [2.05, 4.69) is 40.6 Å². The van der Waals surface area contributed by atoms with E-state index in [0.717, 1.165) is 38.5 Å². The number of aliphatic hydroxyl groups is 1. The number of rotatable bonds is 9. The molecule has 1 fully saturated rings. The maximum Gasteiger partial charge on any atom is 0.217 e. The molecule has 0 aliphatic carbocycles. The van der Waals surface area contributed by atoms with Gasteiger partial charge in [0.15, 0.2) is 11.4 Å². The van der Waals surface area contributed by atoms with Crippen molar-refractivity contribution >= 4 is 17.7 Å². The highest BCUT2D eigenvalue weighted by molar-refractivity contribution is 7.99. The van der Waals surface area contributed by atoms with Gasteiger partial charge in [-0.2, -0.15) is 0 Å². The Morgan fingerprint density at radius 2 is 1.75 bits per heavy atom. The van der Waals surface area contributed by atoms with Gasteiger partial charge in [0.05, 0.1) is 18.8 Å². The van der Waals surface area contributed by atoms with Gasteiger partial charge < -0.3 is 24.5 Å². The first-order chi connectivity index (χ1) is 19.4. The number of amides is 1. The lowest BCUT2D eigenvalue weighted by molar-refractivity contribution is -0.268. The van der Waals surface area contributed by atoms with E-state index in [0.29, 0.717) is 12.3 Å². The van der Waals surface area contributed by atoms with Gasteiger partial charge in [0, 0.05) is 37.8 Å². The molecule has 5 rings (SSSR count). The van der Waals surface area contributed by atoms with Crippen LogP contribution in [0, 0.1) is 5.92 Å². The van der Waals surface area contributed by atoms with E-state index in [1.165, 1.54) is 6.92 Å². The molecule has 8 nitrogen and oxygen atoms in total. The topological polar surface area (TPSA) is 98.5 Å². The minimum absolute atomic E-state index is 0.00432. The molecular formula is C31H34N4O4S. The van der Waals surface area contributed by atoms with Crippen LogP contribution in [0.4, 0.5) is 0 Å². The molecule has 2 heterocycles. The van der Waals surface area contributed by atoms with Crippen molar-refractivity contribution in [2.24, 2.45) is 13.0 Å². The highest BCUT2D eigenvalue weighted by atomic mass is 32.2. The largest absolute Gasteiger partial charge is 0.392 e. The second-order valence-electron chi connectivity index (χ2n) is 10.0. The van der Waals surface area contributed by atoms with Crippen LogP contribution in [0.25, 0.3) is 11.1 Å². The first kappa shape index (κ1) is 28.0. The fourth-order valence-corrected chi connectivity index (χ4v) is 5.92. The number of aromatic nitrogens is 3. The molecule has 2 N–H and O–H groups in total. The maximum absolute atomic E-state index is 11.5. The molecule has 4 unspecified atom stereocenters. The molecule has 1 aromatic heterocycles. The standard InChI is InChI=1S/C31H34N4O4S/c1-20-28(18-40-31-34-33-19-35(31)3)38-30(39-29(20)24-10-8-22(17-36)9-11-24)25-14-12-23(13-15-25)27-7-5-4-6-26(27)16-32-21(2)37/h4-15,19-20,28-30,36H,16-18H2,1-3H3,(H,32,37). The van der Waals surface area contributed by atoms with E-state index >= 15 is 0 Å². The fraction of sp³-hybridized carbons (Fsp3) is 0.323. The Kier molecular flexibility index (Phi) is 8.96. The molecule has 1 aliphatic rings. The maximum atomic E-state index is 11.5. The number of aliphatic hydroxyl groups excluding tert-OH is 1. The Balaban J connectivity index is 1.39. The van der Waals surface area contributed by atoms with Crippen LogP contribution in [0.5, 0.6) is 0 Å². The first-order valence-corrected chi connectivity index (χ1v) is 14.3. The summed E-state index contributed by atoms with van der Waals surface area (Å²) in [6.45, 7) is 4.15. The van der Waals surface area contributed by atoms with Crippen molar-refractivity contribution in [2.45, 2.75) is 50.7 Å². The van der Waals surface area contributed by atoms with Crippen molar-refractivity contribution < 1.29 is 19.4 Å². The molecule has 1 amide bonds. The van der Waals surface area contributed by atoms with Crippen molar-refractivity contribution in [3.05, 3.63) is 101 Å². The SMILES string of the molecule is CC(=O)NCc1ccccc1-c1ccc(C2OC(CSc3nncn3C)C(C)C(c3ccc(CO)cc3)O2)cc1. The highest BCUT2D eigenvalue weighted by Crippen LogP contribution is 2.43. The third-order valence-electron chi connectivity index (χ3n) is 7.21. The van der Waals surface area contributed by atoms with Gasteiger partial charge in [-0.05, 0) is 27.8 Å². The van der Waals surface area contributed by atoms with Crippen molar-refractivity contribution in [1.29, 1.82) is 0 Å². The molecule has 0 spiro atoms. The second kappa shape index (κ2) is 12.8. The zero-order valence-corrected chi connectivity index (χ0v) is 23.7. The summed E-state index contributed by atoms with van der Waals surface area (Å²) >= 11 is 1.62. The smallest absolute Gasteiger partial charge is 0.217 e. The normalized spacial score (nSPS) is 20.8. The van der Waals surface area contributed by atoms with Crippen LogP contribution in [0.2, 0.25) is 0 Å². The molecule has 0 radical (unpaired) electrons. The van der Waals surface area contributed by atoms with Crippen LogP contribution < -0.4 is 5.32 Å². The number of ether oxygens (including phenoxy) is 2. The predicted molar refractivity (Wildman–Crippen MR) is 154 cm³/mol. The highest BCUT2D eigenvalue weighted by Gasteiger charge is 2.38. The van der Waals surface area contributed by atoms with Gasteiger partial charge in [0.25, 0.3) is 0 Å². The van der Waals surface area contributed by atoms with Gasteiger partial charge in [-0.25, -0.2) is 0 Å². The van der Waals surface area contributed by atoms with Gasteiger partial charge in [0.1, 0.15) is 6.33 Å². The molecule has 1 saturated heterocycles. The Morgan fingerprint density at radius 1 is 1.02 bits per heavy atom. The van der Waals surface area contributed by atoms with Gasteiger partial charge in [-0.1, -0.05) is 91.5 Å². The lowest BCUT2D eigenvalue weighted by Crippen LogP contribution is -2.38. The number of carbonyl (C=O) groups is 1. The van der Waals surface area contributed by atoms with Crippen molar-refractivity contribution in [2.75, 3.05) is 5.75 Å². The van der Waals surface area contributed by atoms with Crippen LogP contribution in [0.15, 0.2) is 84.3 Å².